The Morgan fingerprint density at radius 3 is 1.97 bits per heavy atom. The van der Waals surface area contributed by atoms with Crippen molar-refractivity contribution < 1.29 is 0 Å². The Morgan fingerprint density at radius 2 is 1.24 bits per heavy atom. The van der Waals surface area contributed by atoms with Gasteiger partial charge < -0.3 is 9.88 Å². The Kier molecular flexibility index (Phi) is 8.34. The van der Waals surface area contributed by atoms with Gasteiger partial charge in [0.2, 0.25) is 0 Å². The average Bonchev–Trinajstić information content (AvgIpc) is 3.83. The van der Waals surface area contributed by atoms with E-state index in [1.165, 1.54) is 116 Å². The third kappa shape index (κ3) is 5.76. The van der Waals surface area contributed by atoms with E-state index in [0.29, 0.717) is 0 Å². The van der Waals surface area contributed by atoms with E-state index >= 15 is 0 Å². The van der Waals surface area contributed by atoms with E-state index in [2.05, 4.69) is 216 Å². The minimum absolute atomic E-state index is 0.00773. The first-order valence-electron chi connectivity index (χ1n) is 22.2. The standard InChI is InChI=1S/C58H48BN2S/c1-35-24-26-38(27-25-35)60-48-22-14-12-20-39(48)42-30-44(53(36-16-8-6-9-17-36)37-18-10-7-11-19-37)54-43-31-45-46(58(4,5)29-28-57(45,2)3)33-49(43)61-50-32-41-40-21-13-15-23-51(40)62-52(41)34-47(50)59-55(42)56(54)61/h6-27,30-34,53,60H,28-29H2,1-5H3. The third-order valence-corrected chi connectivity index (χ3v) is 15.4. The van der Waals surface area contributed by atoms with Crippen molar-refractivity contribution in [3.63, 3.8) is 0 Å². The molecule has 0 fully saturated rings. The number of benzene rings is 8. The molecule has 1 aliphatic carbocycles. The summed E-state index contributed by atoms with van der Waals surface area (Å²) in [5, 5.41) is 9.20. The molecule has 0 bridgehead atoms. The quantitative estimate of drug-likeness (QED) is 0.131. The van der Waals surface area contributed by atoms with Gasteiger partial charge in [0, 0.05) is 65.0 Å². The molecule has 3 heterocycles. The second-order valence-corrected chi connectivity index (χ2v) is 20.2. The molecule has 1 aliphatic heterocycles. The summed E-state index contributed by atoms with van der Waals surface area (Å²) in [5.74, 6) is -0.00773. The molecule has 4 heteroatoms. The molecule has 0 spiro atoms. The zero-order valence-corrected chi connectivity index (χ0v) is 36.8. The SMILES string of the molecule is Cc1ccc(Nc2ccccc2-c2cc(C(c3ccccc3)c3ccccc3)c3c4cc5c(cc4n4c3c2[B]c2cc3sc6ccccc6c3cc2-4)C(C)(C)CCC5(C)C)cc1. The predicted molar refractivity (Wildman–Crippen MR) is 268 cm³/mol. The summed E-state index contributed by atoms with van der Waals surface area (Å²) in [6.45, 7) is 12.0. The zero-order valence-electron chi connectivity index (χ0n) is 36.0. The molecule has 0 saturated heterocycles. The van der Waals surface area contributed by atoms with Crippen molar-refractivity contribution in [2.75, 3.05) is 5.32 Å². The van der Waals surface area contributed by atoms with Crippen LogP contribution in [0.2, 0.25) is 0 Å². The van der Waals surface area contributed by atoms with Crippen LogP contribution < -0.4 is 16.2 Å². The van der Waals surface area contributed by atoms with Gasteiger partial charge in [-0.15, -0.1) is 11.3 Å². The molecule has 0 unspecified atom stereocenters. The lowest BCUT2D eigenvalue weighted by Gasteiger charge is -2.42. The van der Waals surface area contributed by atoms with Crippen LogP contribution in [0.1, 0.15) is 79.8 Å². The Labute approximate surface area is 369 Å². The summed E-state index contributed by atoms with van der Waals surface area (Å²) in [6.07, 6.45) is 2.33. The summed E-state index contributed by atoms with van der Waals surface area (Å²) in [6, 6.07) is 61.7. The summed E-state index contributed by atoms with van der Waals surface area (Å²) in [7, 11) is 2.51. The van der Waals surface area contributed by atoms with Crippen molar-refractivity contribution in [2.24, 2.45) is 0 Å². The summed E-state index contributed by atoms with van der Waals surface area (Å²) >= 11 is 1.90. The van der Waals surface area contributed by atoms with Crippen LogP contribution in [0.5, 0.6) is 0 Å². The van der Waals surface area contributed by atoms with E-state index in [4.69, 9.17) is 0 Å². The molecule has 62 heavy (non-hydrogen) atoms. The van der Waals surface area contributed by atoms with Crippen molar-refractivity contribution in [3.8, 4) is 16.8 Å². The van der Waals surface area contributed by atoms with Crippen LogP contribution in [0.3, 0.4) is 0 Å². The molecule has 2 nitrogen and oxygen atoms in total. The smallest absolute Gasteiger partial charge is 0.197 e. The van der Waals surface area contributed by atoms with Crippen LogP contribution in [-0.2, 0) is 10.8 Å². The van der Waals surface area contributed by atoms with Gasteiger partial charge in [0.15, 0.2) is 7.28 Å². The number of rotatable bonds is 6. The van der Waals surface area contributed by atoms with Gasteiger partial charge in [-0.3, -0.25) is 0 Å². The van der Waals surface area contributed by atoms with E-state index in [1.54, 1.807) is 0 Å². The summed E-state index contributed by atoms with van der Waals surface area (Å²) in [5.41, 5.74) is 19.2. The van der Waals surface area contributed by atoms with Crippen molar-refractivity contribution in [1.29, 1.82) is 0 Å². The highest BCUT2D eigenvalue weighted by molar-refractivity contribution is 7.26. The number of hydrogen-bond acceptors (Lipinski definition) is 2. The van der Waals surface area contributed by atoms with Crippen molar-refractivity contribution in [1.82, 2.24) is 4.57 Å². The second-order valence-electron chi connectivity index (χ2n) is 19.1. The van der Waals surface area contributed by atoms with Gasteiger partial charge in [-0.25, -0.2) is 0 Å². The first kappa shape index (κ1) is 37.4. The molecule has 0 saturated carbocycles. The van der Waals surface area contributed by atoms with Crippen LogP contribution in [0.25, 0.3) is 58.8 Å². The lowest BCUT2D eigenvalue weighted by Crippen LogP contribution is -2.37. The van der Waals surface area contributed by atoms with Gasteiger partial charge in [0.25, 0.3) is 0 Å². The molecule has 2 aromatic heterocycles. The number of fused-ring (bicyclic) bond motifs is 9. The number of nitrogens with zero attached hydrogens (tertiary/aromatic N) is 1. The monoisotopic (exact) mass is 815 g/mol. The van der Waals surface area contributed by atoms with Gasteiger partial charge >= 0.3 is 0 Å². The topological polar surface area (TPSA) is 17.0 Å². The van der Waals surface area contributed by atoms with Gasteiger partial charge in [-0.1, -0.05) is 148 Å². The van der Waals surface area contributed by atoms with Gasteiger partial charge in [0.1, 0.15) is 0 Å². The second kappa shape index (κ2) is 13.8. The maximum atomic E-state index is 3.86. The van der Waals surface area contributed by atoms with Crippen LogP contribution >= 0.6 is 11.3 Å². The molecular formula is C58H48BN2S. The third-order valence-electron chi connectivity index (χ3n) is 14.3. The van der Waals surface area contributed by atoms with E-state index in [0.717, 1.165) is 11.4 Å². The van der Waals surface area contributed by atoms with Crippen LogP contribution in [-0.4, -0.2) is 11.8 Å². The number of nitrogens with one attached hydrogen (secondary N) is 1. The lowest BCUT2D eigenvalue weighted by molar-refractivity contribution is 0.332. The Balaban J connectivity index is 1.27. The molecular weight excluding hydrogens is 768 g/mol. The number of aryl methyl sites for hydroxylation is 1. The van der Waals surface area contributed by atoms with Crippen LogP contribution in [0.15, 0.2) is 164 Å². The molecule has 299 valence electrons. The zero-order chi connectivity index (χ0) is 41.9. The normalized spacial score (nSPS) is 14.9. The molecule has 0 amide bonds. The van der Waals surface area contributed by atoms with Gasteiger partial charge in [-0.05, 0) is 124 Å². The minimum Gasteiger partial charge on any atom is -0.355 e. The molecule has 1 N–H and O–H groups in total. The molecule has 2 aliphatic rings. The maximum absolute atomic E-state index is 3.86. The van der Waals surface area contributed by atoms with Crippen LogP contribution in [0.4, 0.5) is 11.4 Å². The Morgan fingerprint density at radius 1 is 0.597 bits per heavy atom. The molecule has 8 aromatic carbocycles. The summed E-state index contributed by atoms with van der Waals surface area (Å²) in [4.78, 5) is 0. The minimum atomic E-state index is -0.00773. The highest BCUT2D eigenvalue weighted by atomic mass is 32.1. The highest BCUT2D eigenvalue weighted by Crippen LogP contribution is 2.51. The van der Waals surface area contributed by atoms with E-state index in [1.807, 2.05) is 11.3 Å². The van der Waals surface area contributed by atoms with Gasteiger partial charge in [-0.2, -0.15) is 0 Å². The highest BCUT2D eigenvalue weighted by Gasteiger charge is 2.39. The van der Waals surface area contributed by atoms with E-state index < -0.39 is 0 Å². The average molecular weight is 816 g/mol. The molecule has 0 atom stereocenters. The van der Waals surface area contributed by atoms with Crippen molar-refractivity contribution in [3.05, 3.63) is 197 Å². The fourth-order valence-electron chi connectivity index (χ4n) is 10.9. The largest absolute Gasteiger partial charge is 0.355 e. The fraction of sp³-hybridized carbons (Fsp3) is 0.172. The lowest BCUT2D eigenvalue weighted by atomic mass is 9.58. The fourth-order valence-corrected chi connectivity index (χ4v) is 12.0. The first-order valence-corrected chi connectivity index (χ1v) is 23.0. The number of para-hydroxylation sites is 1. The molecule has 12 rings (SSSR count). The number of thiophene rings is 1. The molecule has 10 aromatic rings. The Bertz CT molecular complexity index is 3370. The maximum Gasteiger partial charge on any atom is 0.197 e. The first-order chi connectivity index (χ1) is 30.1. The van der Waals surface area contributed by atoms with E-state index in [-0.39, 0.29) is 16.7 Å². The van der Waals surface area contributed by atoms with Crippen LogP contribution in [0, 0.1) is 6.92 Å². The number of hydrogen-bond donors (Lipinski definition) is 1. The van der Waals surface area contributed by atoms with Crippen molar-refractivity contribution in [2.45, 2.75) is 64.2 Å². The van der Waals surface area contributed by atoms with Crippen molar-refractivity contribution >= 4 is 82.9 Å². The van der Waals surface area contributed by atoms with Gasteiger partial charge in [0.05, 0.1) is 5.52 Å². The van der Waals surface area contributed by atoms with E-state index in [9.17, 15) is 0 Å². The molecule has 1 radical (unpaired) electrons. The summed E-state index contributed by atoms with van der Waals surface area (Å²) < 4.78 is 5.33. The number of anilines is 2. The Hall–Kier alpha value is -6.36. The number of aromatic nitrogens is 1. The predicted octanol–water partition coefficient (Wildman–Crippen LogP) is 14.4.